The van der Waals surface area contributed by atoms with Gasteiger partial charge >= 0.3 is 0 Å². The molecule has 0 atom stereocenters. The highest BCUT2D eigenvalue weighted by molar-refractivity contribution is 6.06. The fraction of sp³-hybridized carbons (Fsp3) is 0.500. The molecule has 7 heteroatoms. The maximum Gasteiger partial charge on any atom is 0.162 e. The smallest absolute Gasteiger partial charge is 0.162 e. The zero-order valence-corrected chi connectivity index (χ0v) is 24.1. The van der Waals surface area contributed by atoms with Crippen molar-refractivity contribution in [2.45, 2.75) is 85.1 Å². The van der Waals surface area contributed by atoms with Crippen molar-refractivity contribution in [3.8, 4) is 11.5 Å². The van der Waals surface area contributed by atoms with E-state index in [1.807, 2.05) is 6.07 Å². The van der Waals surface area contributed by atoms with E-state index >= 15 is 0 Å². The Balaban J connectivity index is 1.70. The Labute approximate surface area is 232 Å². The van der Waals surface area contributed by atoms with E-state index in [1.54, 1.807) is 6.07 Å². The normalized spacial score (nSPS) is 12.3. The number of hydrogen-bond acceptors (Lipinski definition) is 6. The van der Waals surface area contributed by atoms with Crippen molar-refractivity contribution >= 4 is 27.8 Å². The van der Waals surface area contributed by atoms with Crippen molar-refractivity contribution in [2.75, 3.05) is 18.9 Å². The molecule has 0 aliphatic carbocycles. The molecule has 0 aliphatic heterocycles. The molecule has 4 N–H and O–H groups in total. The molecule has 0 spiro atoms. The molecule has 2 aromatic heterocycles. The topological polar surface area (TPSA) is 106 Å². The van der Waals surface area contributed by atoms with Gasteiger partial charge < -0.3 is 25.3 Å². The number of fused-ring (bicyclic) bond motifs is 3. The first kappa shape index (κ1) is 28.7. The molecule has 2 aromatic carbocycles. The molecule has 0 saturated heterocycles. The van der Waals surface area contributed by atoms with Crippen molar-refractivity contribution in [1.29, 1.82) is 0 Å². The van der Waals surface area contributed by atoms with Crippen molar-refractivity contribution in [2.24, 2.45) is 5.92 Å². The molecule has 4 aromatic rings. The number of nitrogens with zero attached hydrogens (tertiary/aromatic N) is 3. The zero-order chi connectivity index (χ0) is 28.2. The Morgan fingerprint density at radius 2 is 1.85 bits per heavy atom. The third kappa shape index (κ3) is 6.47. The van der Waals surface area contributed by atoms with Gasteiger partial charge in [-0.15, -0.1) is 0 Å². The third-order valence-corrected chi connectivity index (χ3v) is 7.69. The molecule has 210 valence electrons. The number of benzene rings is 2. The molecule has 0 saturated carbocycles. The second-order valence-corrected chi connectivity index (χ2v) is 11.7. The first-order valence-electron chi connectivity index (χ1n) is 14.3. The van der Waals surface area contributed by atoms with E-state index in [0.717, 1.165) is 67.6 Å². The van der Waals surface area contributed by atoms with Gasteiger partial charge in [0.1, 0.15) is 11.3 Å². The van der Waals surface area contributed by atoms with Crippen LogP contribution in [0.3, 0.4) is 0 Å². The minimum atomic E-state index is -0.131. The largest absolute Gasteiger partial charge is 0.504 e. The quantitative estimate of drug-likeness (QED) is 0.125. The molecule has 4 rings (SSSR count). The van der Waals surface area contributed by atoms with Crippen LogP contribution in [0, 0.1) is 5.92 Å². The van der Waals surface area contributed by atoms with Crippen LogP contribution in [0.25, 0.3) is 21.9 Å². The maximum atomic E-state index is 10.5. The van der Waals surface area contributed by atoms with Crippen LogP contribution < -0.4 is 5.73 Å². The van der Waals surface area contributed by atoms with E-state index in [4.69, 9.17) is 20.4 Å². The average Bonchev–Trinajstić information content (AvgIpc) is 3.26. The van der Waals surface area contributed by atoms with Gasteiger partial charge in [0, 0.05) is 30.6 Å². The first-order valence-corrected chi connectivity index (χ1v) is 14.3. The lowest BCUT2D eigenvalue weighted by atomic mass is 9.81. The Hall–Kier alpha value is -3.32. The fourth-order valence-corrected chi connectivity index (χ4v) is 5.12. The van der Waals surface area contributed by atoms with E-state index in [-0.39, 0.29) is 16.9 Å². The molecular weight excluding hydrogens is 488 g/mol. The van der Waals surface area contributed by atoms with E-state index in [9.17, 15) is 10.2 Å². The van der Waals surface area contributed by atoms with Gasteiger partial charge in [-0.1, -0.05) is 65.3 Å². The SMILES string of the molecule is CCCCc1nc2c(N)nc3cc(C(C)(C)CCOCCCC(C)C)ccc3c2n1Cc1cccc(O)c1O. The van der Waals surface area contributed by atoms with Crippen molar-refractivity contribution < 1.29 is 14.9 Å². The second kappa shape index (κ2) is 12.2. The highest BCUT2D eigenvalue weighted by Gasteiger charge is 2.23. The minimum absolute atomic E-state index is 0.0858. The number of aromatic hydroxyl groups is 2. The van der Waals surface area contributed by atoms with Crippen LogP contribution in [0.2, 0.25) is 0 Å². The summed E-state index contributed by atoms with van der Waals surface area (Å²) >= 11 is 0. The standard InChI is InChI=1S/C32H44N4O3/c1-6-7-13-27-35-28-29(36(27)20-22-11-8-12-26(37)30(22)38)24-15-14-23(19-25(24)34-31(28)33)32(4,5)16-18-39-17-9-10-21(2)3/h8,11-12,14-15,19,21,37-38H,6-7,9-10,13,16-18,20H2,1-5H3,(H2,33,34). The molecular formula is C32H44N4O3. The molecule has 0 fully saturated rings. The molecule has 0 aliphatic rings. The number of imidazole rings is 1. The number of hydrogen-bond donors (Lipinski definition) is 3. The predicted octanol–water partition coefficient (Wildman–Crippen LogP) is 7.09. The molecule has 0 bridgehead atoms. The van der Waals surface area contributed by atoms with Gasteiger partial charge in [0.05, 0.1) is 17.6 Å². The number of aryl methyl sites for hydroxylation is 1. The summed E-state index contributed by atoms with van der Waals surface area (Å²) in [5.74, 6) is 1.77. The van der Waals surface area contributed by atoms with Crippen molar-refractivity contribution in [1.82, 2.24) is 14.5 Å². The van der Waals surface area contributed by atoms with Crippen LogP contribution in [0.5, 0.6) is 11.5 Å². The van der Waals surface area contributed by atoms with Crippen LogP contribution >= 0.6 is 0 Å². The van der Waals surface area contributed by atoms with Gasteiger partial charge in [-0.3, -0.25) is 0 Å². The second-order valence-electron chi connectivity index (χ2n) is 11.7. The number of para-hydroxylation sites is 1. The Morgan fingerprint density at radius 1 is 1.05 bits per heavy atom. The summed E-state index contributed by atoms with van der Waals surface area (Å²) < 4.78 is 8.07. The molecule has 0 radical (unpaired) electrons. The zero-order valence-electron chi connectivity index (χ0n) is 24.1. The van der Waals surface area contributed by atoms with E-state index in [1.165, 1.54) is 18.1 Å². The number of anilines is 1. The number of aromatic nitrogens is 3. The van der Waals surface area contributed by atoms with Gasteiger partial charge in [-0.25, -0.2) is 9.97 Å². The van der Waals surface area contributed by atoms with Crippen LogP contribution in [0.4, 0.5) is 5.82 Å². The number of ether oxygens (including phenoxy) is 1. The fourth-order valence-electron chi connectivity index (χ4n) is 5.12. The van der Waals surface area contributed by atoms with E-state index < -0.39 is 0 Å². The maximum absolute atomic E-state index is 10.5. The molecule has 2 heterocycles. The molecule has 39 heavy (non-hydrogen) atoms. The molecule has 0 unspecified atom stereocenters. The number of nitrogen functional groups attached to an aromatic ring is 1. The summed E-state index contributed by atoms with van der Waals surface area (Å²) in [6.45, 7) is 13.0. The lowest BCUT2D eigenvalue weighted by molar-refractivity contribution is 0.113. The van der Waals surface area contributed by atoms with Crippen LogP contribution in [0.15, 0.2) is 36.4 Å². The summed E-state index contributed by atoms with van der Waals surface area (Å²) in [5.41, 5.74) is 10.6. The lowest BCUT2D eigenvalue weighted by Gasteiger charge is -2.25. The van der Waals surface area contributed by atoms with Crippen LogP contribution in [-0.2, 0) is 23.1 Å². The van der Waals surface area contributed by atoms with Gasteiger partial charge in [0.15, 0.2) is 17.3 Å². The predicted molar refractivity (Wildman–Crippen MR) is 159 cm³/mol. The number of phenolic OH excluding ortho intramolecular Hbond substituents is 2. The van der Waals surface area contributed by atoms with Crippen molar-refractivity contribution in [3.63, 3.8) is 0 Å². The molecule has 0 amide bonds. The van der Waals surface area contributed by atoms with Gasteiger partial charge in [0.2, 0.25) is 0 Å². The Kier molecular flexibility index (Phi) is 9.01. The van der Waals surface area contributed by atoms with Crippen LogP contribution in [-0.4, -0.2) is 38.0 Å². The summed E-state index contributed by atoms with van der Waals surface area (Å²) in [5, 5.41) is 21.6. The highest BCUT2D eigenvalue weighted by atomic mass is 16.5. The van der Waals surface area contributed by atoms with E-state index in [2.05, 4.69) is 57.4 Å². The van der Waals surface area contributed by atoms with Crippen molar-refractivity contribution in [3.05, 3.63) is 53.3 Å². The van der Waals surface area contributed by atoms with E-state index in [0.29, 0.717) is 29.4 Å². The van der Waals surface area contributed by atoms with Gasteiger partial charge in [0.25, 0.3) is 0 Å². The third-order valence-electron chi connectivity index (χ3n) is 7.69. The average molecular weight is 533 g/mol. The number of nitrogens with two attached hydrogens (primary N) is 1. The first-order chi connectivity index (χ1) is 18.6. The Morgan fingerprint density at radius 3 is 2.59 bits per heavy atom. The van der Waals surface area contributed by atoms with Gasteiger partial charge in [-0.05, 0) is 54.7 Å². The lowest BCUT2D eigenvalue weighted by Crippen LogP contribution is -2.20. The molecule has 7 nitrogen and oxygen atoms in total. The Bertz CT molecular complexity index is 1420. The monoisotopic (exact) mass is 532 g/mol. The summed E-state index contributed by atoms with van der Waals surface area (Å²) in [6, 6.07) is 11.5. The number of unbranched alkanes of at least 4 members (excludes halogenated alkanes) is 1. The summed E-state index contributed by atoms with van der Waals surface area (Å²) in [7, 11) is 0. The minimum Gasteiger partial charge on any atom is -0.504 e. The summed E-state index contributed by atoms with van der Waals surface area (Å²) in [6.07, 6.45) is 6.01. The van der Waals surface area contributed by atoms with Crippen LogP contribution in [0.1, 0.15) is 83.7 Å². The number of pyridine rings is 1. The highest BCUT2D eigenvalue weighted by Crippen LogP contribution is 2.36. The number of rotatable bonds is 13. The summed E-state index contributed by atoms with van der Waals surface area (Å²) in [4.78, 5) is 9.68. The van der Waals surface area contributed by atoms with Gasteiger partial charge in [-0.2, -0.15) is 0 Å². The number of phenols is 2.